The number of hydrogen-bond acceptors (Lipinski definition) is 3. The summed E-state index contributed by atoms with van der Waals surface area (Å²) >= 11 is 0. The fourth-order valence-electron chi connectivity index (χ4n) is 0.704. The van der Waals surface area contributed by atoms with Crippen LogP contribution in [0.4, 0.5) is 0 Å². The van der Waals surface area contributed by atoms with Crippen molar-refractivity contribution in [2.45, 2.75) is 19.8 Å². The molecule has 0 bridgehead atoms. The molecule has 0 fully saturated rings. The van der Waals surface area contributed by atoms with Crippen molar-refractivity contribution in [1.29, 1.82) is 0 Å². The number of carbonyl (C=O) groups excluding carboxylic acids is 1. The fraction of sp³-hybridized carbons (Fsp3) is 0.778. The maximum Gasteiger partial charge on any atom is 0.222 e. The molecule has 13 heavy (non-hydrogen) atoms. The Balaban J connectivity index is 3.46. The lowest BCUT2D eigenvalue weighted by Crippen LogP contribution is -2.21. The average Bonchev–Trinajstić information content (AvgIpc) is 2.10. The topological polar surface area (TPSA) is 45.0 Å². The van der Waals surface area contributed by atoms with Crippen LogP contribution in [0.25, 0.3) is 0 Å². The van der Waals surface area contributed by atoms with E-state index in [-0.39, 0.29) is 5.91 Å². The van der Waals surface area contributed by atoms with E-state index in [1.807, 2.05) is 6.92 Å². The highest BCUT2D eigenvalue weighted by Gasteiger charge is 2.01. The summed E-state index contributed by atoms with van der Waals surface area (Å²) < 4.78 is 0. The molecule has 0 heterocycles. The van der Waals surface area contributed by atoms with E-state index in [0.717, 1.165) is 6.42 Å². The minimum absolute atomic E-state index is 0.141. The van der Waals surface area contributed by atoms with Gasteiger partial charge in [-0.3, -0.25) is 4.79 Å². The van der Waals surface area contributed by atoms with Gasteiger partial charge in [0.15, 0.2) is 0 Å². The zero-order valence-electron chi connectivity index (χ0n) is 8.58. The van der Waals surface area contributed by atoms with E-state index in [4.69, 9.17) is 0 Å². The third kappa shape index (κ3) is 7.22. The van der Waals surface area contributed by atoms with Crippen molar-refractivity contribution >= 4 is 11.9 Å². The molecule has 1 amide bonds. The smallest absolute Gasteiger partial charge is 0.222 e. The van der Waals surface area contributed by atoms with E-state index in [0.29, 0.717) is 19.5 Å². The molecule has 4 nitrogen and oxygen atoms in total. The Morgan fingerprint density at radius 1 is 1.38 bits per heavy atom. The molecule has 0 radical (unpaired) electrons. The van der Waals surface area contributed by atoms with Crippen molar-refractivity contribution in [2.24, 2.45) is 9.98 Å². The van der Waals surface area contributed by atoms with Gasteiger partial charge in [0.05, 0.1) is 12.6 Å². The first-order valence-corrected chi connectivity index (χ1v) is 4.46. The quantitative estimate of drug-likeness (QED) is 0.464. The maximum absolute atomic E-state index is 11.1. The second-order valence-electron chi connectivity index (χ2n) is 2.85. The molecule has 0 aromatic rings. The van der Waals surface area contributed by atoms with E-state index in [9.17, 15) is 4.79 Å². The Bertz CT molecular complexity index is 205. The Kier molecular flexibility index (Phi) is 6.83. The van der Waals surface area contributed by atoms with Crippen LogP contribution < -0.4 is 0 Å². The molecule has 0 saturated heterocycles. The van der Waals surface area contributed by atoms with Gasteiger partial charge in [-0.1, -0.05) is 0 Å². The molecule has 0 aliphatic carbocycles. The minimum atomic E-state index is 0.141. The van der Waals surface area contributed by atoms with Gasteiger partial charge in [0.1, 0.15) is 0 Å². The predicted molar refractivity (Wildman–Crippen MR) is 53.2 cm³/mol. The maximum atomic E-state index is 11.1. The SMILES string of the molecule is CCN=C=NCCCC(=O)N(C)C. The molecular weight excluding hydrogens is 166 g/mol. The van der Waals surface area contributed by atoms with Gasteiger partial charge in [0, 0.05) is 27.1 Å². The van der Waals surface area contributed by atoms with Gasteiger partial charge >= 0.3 is 0 Å². The summed E-state index contributed by atoms with van der Waals surface area (Å²) in [5, 5.41) is 0. The van der Waals surface area contributed by atoms with Crippen molar-refractivity contribution in [1.82, 2.24) is 4.90 Å². The molecule has 0 N–H and O–H groups in total. The van der Waals surface area contributed by atoms with Gasteiger partial charge in [0.2, 0.25) is 5.91 Å². The second-order valence-corrected chi connectivity index (χ2v) is 2.85. The van der Waals surface area contributed by atoms with E-state index in [1.54, 1.807) is 19.0 Å². The van der Waals surface area contributed by atoms with Crippen molar-refractivity contribution in [3.05, 3.63) is 0 Å². The zero-order valence-corrected chi connectivity index (χ0v) is 8.58. The number of amides is 1. The Morgan fingerprint density at radius 2 is 2.08 bits per heavy atom. The van der Waals surface area contributed by atoms with Crippen LogP contribution in [0.2, 0.25) is 0 Å². The average molecular weight is 183 g/mol. The predicted octanol–water partition coefficient (Wildman–Crippen LogP) is 1.05. The van der Waals surface area contributed by atoms with E-state index < -0.39 is 0 Å². The summed E-state index contributed by atoms with van der Waals surface area (Å²) in [6.07, 6.45) is 1.31. The van der Waals surface area contributed by atoms with Gasteiger partial charge in [-0.15, -0.1) is 0 Å². The van der Waals surface area contributed by atoms with Gasteiger partial charge in [-0.25, -0.2) is 9.98 Å². The lowest BCUT2D eigenvalue weighted by molar-refractivity contribution is -0.128. The molecule has 0 aromatic carbocycles. The third-order valence-electron chi connectivity index (χ3n) is 1.46. The monoisotopic (exact) mass is 183 g/mol. The highest BCUT2D eigenvalue weighted by molar-refractivity contribution is 5.75. The van der Waals surface area contributed by atoms with Crippen molar-refractivity contribution < 1.29 is 4.79 Å². The normalized spacial score (nSPS) is 8.85. The van der Waals surface area contributed by atoms with Crippen LogP contribution in [0, 0.1) is 0 Å². The highest BCUT2D eigenvalue weighted by atomic mass is 16.2. The molecular formula is C9H17N3O. The first-order chi connectivity index (χ1) is 6.18. The lowest BCUT2D eigenvalue weighted by Gasteiger charge is -2.08. The van der Waals surface area contributed by atoms with Crippen LogP contribution in [0.3, 0.4) is 0 Å². The molecule has 0 unspecified atom stereocenters. The summed E-state index contributed by atoms with van der Waals surface area (Å²) in [5.41, 5.74) is 0. The molecule has 0 atom stereocenters. The van der Waals surface area contributed by atoms with Crippen LogP contribution >= 0.6 is 0 Å². The first-order valence-electron chi connectivity index (χ1n) is 4.46. The number of hydrogen-bond donors (Lipinski definition) is 0. The molecule has 4 heteroatoms. The second kappa shape index (κ2) is 7.50. The molecule has 0 aliphatic heterocycles. The largest absolute Gasteiger partial charge is 0.349 e. The van der Waals surface area contributed by atoms with Crippen LogP contribution in [0.5, 0.6) is 0 Å². The summed E-state index contributed by atoms with van der Waals surface area (Å²) in [6, 6.07) is 2.56. The third-order valence-corrected chi connectivity index (χ3v) is 1.46. The summed E-state index contributed by atoms with van der Waals surface area (Å²) in [5.74, 6) is 0.141. The molecule has 0 spiro atoms. The Hall–Kier alpha value is -1.15. The molecule has 0 aromatic heterocycles. The van der Waals surface area contributed by atoms with Crippen LogP contribution in [0.15, 0.2) is 9.98 Å². The summed E-state index contributed by atoms with van der Waals surface area (Å²) in [6.45, 7) is 3.27. The van der Waals surface area contributed by atoms with Gasteiger partial charge in [-0.2, -0.15) is 0 Å². The number of nitrogens with zero attached hydrogens (tertiary/aromatic N) is 3. The Labute approximate surface area is 79.4 Å². The van der Waals surface area contributed by atoms with Crippen LogP contribution in [-0.4, -0.2) is 44.0 Å². The molecule has 0 saturated carbocycles. The van der Waals surface area contributed by atoms with Gasteiger partial charge in [-0.05, 0) is 13.3 Å². The first kappa shape index (κ1) is 11.8. The van der Waals surface area contributed by atoms with Crippen molar-refractivity contribution in [2.75, 3.05) is 27.2 Å². The number of rotatable bonds is 5. The molecule has 0 aliphatic rings. The minimum Gasteiger partial charge on any atom is -0.349 e. The highest BCUT2D eigenvalue weighted by Crippen LogP contribution is 1.92. The van der Waals surface area contributed by atoms with Crippen molar-refractivity contribution in [3.8, 4) is 0 Å². The van der Waals surface area contributed by atoms with Gasteiger partial charge < -0.3 is 4.90 Å². The van der Waals surface area contributed by atoms with Crippen molar-refractivity contribution in [3.63, 3.8) is 0 Å². The number of carbonyl (C=O) groups is 1. The van der Waals surface area contributed by atoms with E-state index >= 15 is 0 Å². The zero-order chi connectivity index (χ0) is 10.1. The number of aliphatic imine (C=N–C) groups is 2. The van der Waals surface area contributed by atoms with E-state index in [2.05, 4.69) is 16.0 Å². The summed E-state index contributed by atoms with van der Waals surface area (Å²) in [4.78, 5) is 20.4. The van der Waals surface area contributed by atoms with E-state index in [1.165, 1.54) is 0 Å². The molecule has 74 valence electrons. The fourth-order valence-corrected chi connectivity index (χ4v) is 0.704. The lowest BCUT2D eigenvalue weighted by atomic mass is 10.3. The standard InChI is InChI=1S/C9H17N3O/c1-4-10-8-11-7-5-6-9(13)12(2)3/h4-7H2,1-3H3. The Morgan fingerprint density at radius 3 is 2.62 bits per heavy atom. The van der Waals surface area contributed by atoms with Gasteiger partial charge in [0.25, 0.3) is 0 Å². The van der Waals surface area contributed by atoms with Crippen LogP contribution in [0.1, 0.15) is 19.8 Å². The summed E-state index contributed by atoms with van der Waals surface area (Å²) in [7, 11) is 3.51. The van der Waals surface area contributed by atoms with Crippen LogP contribution in [-0.2, 0) is 4.79 Å². The molecule has 0 rings (SSSR count).